The first-order chi connectivity index (χ1) is 6.65. The van der Waals surface area contributed by atoms with Gasteiger partial charge in [-0.1, -0.05) is 0 Å². The number of nitrogens with two attached hydrogens (primary N) is 1. The Kier molecular flexibility index (Phi) is 3.10. The van der Waals surface area contributed by atoms with Gasteiger partial charge in [-0.3, -0.25) is 4.90 Å². The monoisotopic (exact) mass is 214 g/mol. The van der Waals surface area contributed by atoms with Crippen molar-refractivity contribution in [3.05, 3.63) is 0 Å². The fourth-order valence-electron chi connectivity index (χ4n) is 2.43. The van der Waals surface area contributed by atoms with Crippen LogP contribution in [0.1, 0.15) is 32.6 Å². The van der Waals surface area contributed by atoms with Crippen LogP contribution in [0.5, 0.6) is 0 Å². The van der Waals surface area contributed by atoms with Crippen molar-refractivity contribution in [2.24, 2.45) is 5.73 Å². The highest BCUT2D eigenvalue weighted by Gasteiger charge is 2.44. The highest BCUT2D eigenvalue weighted by molar-refractivity contribution is 8.00. The van der Waals surface area contributed by atoms with Crippen LogP contribution in [-0.4, -0.2) is 41.1 Å². The number of thioether (sulfide) groups is 1. The number of nitrogens with zero attached hydrogens (tertiary/aromatic N) is 1. The van der Waals surface area contributed by atoms with Crippen molar-refractivity contribution >= 4 is 11.8 Å². The molecule has 1 saturated carbocycles. The summed E-state index contributed by atoms with van der Waals surface area (Å²) < 4.78 is 0.621. The molecule has 1 aliphatic carbocycles. The van der Waals surface area contributed by atoms with E-state index in [1.807, 2.05) is 0 Å². The average molecular weight is 214 g/mol. The highest BCUT2D eigenvalue weighted by Crippen LogP contribution is 2.48. The molecule has 2 fully saturated rings. The lowest BCUT2D eigenvalue weighted by Crippen LogP contribution is -2.48. The van der Waals surface area contributed by atoms with E-state index in [0.717, 1.165) is 0 Å². The van der Waals surface area contributed by atoms with E-state index < -0.39 is 0 Å². The third-order valence-corrected chi connectivity index (χ3v) is 5.19. The Morgan fingerprint density at radius 3 is 2.71 bits per heavy atom. The molecule has 1 heterocycles. The van der Waals surface area contributed by atoms with E-state index in [2.05, 4.69) is 29.8 Å². The average Bonchev–Trinajstić information content (AvgIpc) is 2.91. The fourth-order valence-corrected chi connectivity index (χ4v) is 3.23. The van der Waals surface area contributed by atoms with Gasteiger partial charge in [0.05, 0.1) is 0 Å². The summed E-state index contributed by atoms with van der Waals surface area (Å²) in [5, 5.41) is 0. The molecule has 0 amide bonds. The van der Waals surface area contributed by atoms with E-state index in [-0.39, 0.29) is 0 Å². The Hall–Kier alpha value is 0.270. The van der Waals surface area contributed by atoms with Crippen LogP contribution < -0.4 is 5.73 Å². The molecule has 1 aliphatic heterocycles. The topological polar surface area (TPSA) is 29.3 Å². The number of piperidine rings is 1. The molecule has 0 aromatic heterocycles. The quantitative estimate of drug-likeness (QED) is 0.775. The van der Waals surface area contributed by atoms with Crippen molar-refractivity contribution in [3.8, 4) is 0 Å². The fraction of sp³-hybridized carbons (Fsp3) is 1.00. The van der Waals surface area contributed by atoms with Crippen molar-refractivity contribution < 1.29 is 0 Å². The molecule has 14 heavy (non-hydrogen) atoms. The summed E-state index contributed by atoms with van der Waals surface area (Å²) in [6.45, 7) is 4.84. The summed E-state index contributed by atoms with van der Waals surface area (Å²) in [7, 11) is 0. The van der Waals surface area contributed by atoms with Gasteiger partial charge in [-0.25, -0.2) is 0 Å². The zero-order valence-corrected chi connectivity index (χ0v) is 10.1. The number of rotatable bonds is 3. The van der Waals surface area contributed by atoms with Gasteiger partial charge < -0.3 is 5.73 Å². The van der Waals surface area contributed by atoms with Crippen LogP contribution in [0.25, 0.3) is 0 Å². The molecular formula is C11H22N2S. The van der Waals surface area contributed by atoms with Crippen molar-refractivity contribution in [3.63, 3.8) is 0 Å². The van der Waals surface area contributed by atoms with Gasteiger partial charge in [-0.05, 0) is 45.4 Å². The van der Waals surface area contributed by atoms with Crippen LogP contribution in [0.15, 0.2) is 0 Å². The maximum absolute atomic E-state index is 5.97. The Bertz CT molecular complexity index is 203. The van der Waals surface area contributed by atoms with Crippen molar-refractivity contribution in [2.45, 2.75) is 49.4 Å². The third-order valence-electron chi connectivity index (χ3n) is 3.79. The lowest BCUT2D eigenvalue weighted by Gasteiger charge is -2.38. The molecule has 0 radical (unpaired) electrons. The summed E-state index contributed by atoms with van der Waals surface area (Å²) >= 11 is 2.06. The van der Waals surface area contributed by atoms with E-state index in [4.69, 9.17) is 5.73 Å². The minimum Gasteiger partial charge on any atom is -0.328 e. The second-order valence-corrected chi connectivity index (χ2v) is 6.27. The van der Waals surface area contributed by atoms with Crippen LogP contribution in [-0.2, 0) is 0 Å². The van der Waals surface area contributed by atoms with E-state index in [1.165, 1.54) is 38.8 Å². The minimum absolute atomic E-state index is 0.450. The number of hydrogen-bond acceptors (Lipinski definition) is 3. The lowest BCUT2D eigenvalue weighted by atomic mass is 9.99. The van der Waals surface area contributed by atoms with E-state index in [1.54, 1.807) is 0 Å². The molecule has 3 heteroatoms. The summed E-state index contributed by atoms with van der Waals surface area (Å²) in [5.41, 5.74) is 5.97. The maximum atomic E-state index is 5.97. The third kappa shape index (κ3) is 2.26. The Morgan fingerprint density at radius 2 is 2.21 bits per heavy atom. The van der Waals surface area contributed by atoms with Gasteiger partial charge in [0.15, 0.2) is 0 Å². The van der Waals surface area contributed by atoms with Crippen LogP contribution in [0, 0.1) is 0 Å². The van der Waals surface area contributed by atoms with Gasteiger partial charge in [-0.15, -0.1) is 0 Å². The predicted octanol–water partition coefficient (Wildman–Crippen LogP) is 1.69. The van der Waals surface area contributed by atoms with Gasteiger partial charge in [0, 0.05) is 23.4 Å². The smallest absolute Gasteiger partial charge is 0.0285 e. The molecule has 2 atom stereocenters. The molecule has 2 nitrogen and oxygen atoms in total. The summed E-state index contributed by atoms with van der Waals surface area (Å²) in [6.07, 6.45) is 7.47. The van der Waals surface area contributed by atoms with Gasteiger partial charge in [0.2, 0.25) is 0 Å². The van der Waals surface area contributed by atoms with E-state index in [9.17, 15) is 0 Å². The van der Waals surface area contributed by atoms with Gasteiger partial charge >= 0.3 is 0 Å². The standard InChI is InChI=1S/C11H22N2S/c1-9-7-10(12)3-6-13(9)8-11(14-2)4-5-11/h9-10H,3-8,12H2,1-2H3. The predicted molar refractivity (Wildman–Crippen MR) is 63.7 cm³/mol. The second-order valence-electron chi connectivity index (χ2n) is 4.99. The molecule has 82 valence electrons. The van der Waals surface area contributed by atoms with Gasteiger partial charge in [0.25, 0.3) is 0 Å². The molecular weight excluding hydrogens is 192 g/mol. The van der Waals surface area contributed by atoms with Crippen molar-refractivity contribution in [2.75, 3.05) is 19.3 Å². The Balaban J connectivity index is 1.86. The largest absolute Gasteiger partial charge is 0.328 e. The zero-order valence-electron chi connectivity index (χ0n) is 9.33. The van der Waals surface area contributed by atoms with Crippen LogP contribution in [0.4, 0.5) is 0 Å². The van der Waals surface area contributed by atoms with Crippen molar-refractivity contribution in [1.29, 1.82) is 0 Å². The molecule has 0 aromatic rings. The molecule has 2 unspecified atom stereocenters. The SMILES string of the molecule is CSC1(CN2CCC(N)CC2C)CC1. The highest BCUT2D eigenvalue weighted by atomic mass is 32.2. The second kappa shape index (κ2) is 4.03. The van der Waals surface area contributed by atoms with Crippen LogP contribution in [0.3, 0.4) is 0 Å². The first-order valence-corrected chi connectivity index (χ1v) is 6.92. The summed E-state index contributed by atoms with van der Waals surface area (Å²) in [6, 6.07) is 1.15. The molecule has 2 N–H and O–H groups in total. The maximum Gasteiger partial charge on any atom is 0.0285 e. The summed E-state index contributed by atoms with van der Waals surface area (Å²) in [5.74, 6) is 0. The molecule has 2 rings (SSSR count). The molecule has 0 bridgehead atoms. The number of hydrogen-bond donors (Lipinski definition) is 1. The van der Waals surface area contributed by atoms with E-state index in [0.29, 0.717) is 16.8 Å². The molecule has 1 saturated heterocycles. The van der Waals surface area contributed by atoms with Crippen molar-refractivity contribution in [1.82, 2.24) is 4.90 Å². The first-order valence-electron chi connectivity index (χ1n) is 5.70. The molecule has 2 aliphatic rings. The molecule has 0 spiro atoms. The zero-order chi connectivity index (χ0) is 10.2. The number of likely N-dealkylation sites (tertiary alicyclic amines) is 1. The minimum atomic E-state index is 0.450. The lowest BCUT2D eigenvalue weighted by molar-refractivity contribution is 0.146. The van der Waals surface area contributed by atoms with Gasteiger partial charge in [0.1, 0.15) is 0 Å². The van der Waals surface area contributed by atoms with E-state index >= 15 is 0 Å². The van der Waals surface area contributed by atoms with Crippen LogP contribution in [0.2, 0.25) is 0 Å². The Morgan fingerprint density at radius 1 is 1.50 bits per heavy atom. The van der Waals surface area contributed by atoms with Crippen LogP contribution >= 0.6 is 11.8 Å². The summed E-state index contributed by atoms with van der Waals surface area (Å²) in [4.78, 5) is 2.65. The van der Waals surface area contributed by atoms with Gasteiger partial charge in [-0.2, -0.15) is 11.8 Å². The normalized spacial score (nSPS) is 37.1. The molecule has 0 aromatic carbocycles. The first kappa shape index (κ1) is 10.8. The Labute approximate surface area is 91.6 Å².